The first-order valence-corrected chi connectivity index (χ1v) is 7.69. The zero-order valence-electron chi connectivity index (χ0n) is 10.0. The maximum Gasteiger partial charge on any atom is 0.240 e. The van der Waals surface area contributed by atoms with E-state index in [1.807, 2.05) is 0 Å². The summed E-state index contributed by atoms with van der Waals surface area (Å²) in [6.45, 7) is 0. The largest absolute Gasteiger partial charge is 0.398 e. The highest BCUT2D eigenvalue weighted by Crippen LogP contribution is 2.32. The molecule has 0 aliphatic rings. The summed E-state index contributed by atoms with van der Waals surface area (Å²) < 4.78 is 48.9. The zero-order valence-corrected chi connectivity index (χ0v) is 11.6. The van der Waals surface area contributed by atoms with E-state index < -0.39 is 21.7 Å². The number of sulfonamides is 1. The van der Waals surface area contributed by atoms with Crippen LogP contribution in [0.5, 0.6) is 0 Å². The van der Waals surface area contributed by atoms with Crippen molar-refractivity contribution in [2.24, 2.45) is 5.14 Å². The Hall–Kier alpha value is -1.64. The van der Waals surface area contributed by atoms with E-state index in [1.165, 1.54) is 18.2 Å². The van der Waals surface area contributed by atoms with E-state index in [-0.39, 0.29) is 15.5 Å². The molecule has 0 fully saturated rings. The van der Waals surface area contributed by atoms with Gasteiger partial charge in [-0.1, -0.05) is 11.8 Å². The molecule has 4 nitrogen and oxygen atoms in total. The molecular weight excluding hydrogens is 306 g/mol. The molecule has 0 spiro atoms. The molecule has 0 amide bonds. The van der Waals surface area contributed by atoms with E-state index in [4.69, 9.17) is 10.9 Å². The number of rotatable bonds is 3. The predicted octanol–water partition coefficient (Wildman–Crippen LogP) is 2.35. The summed E-state index contributed by atoms with van der Waals surface area (Å²) in [6.07, 6.45) is 0. The first-order chi connectivity index (χ1) is 9.27. The fraction of sp³-hybridized carbons (Fsp3) is 0. The molecule has 106 valence electrons. The zero-order chi connectivity index (χ0) is 14.9. The van der Waals surface area contributed by atoms with E-state index in [2.05, 4.69) is 0 Å². The molecule has 4 N–H and O–H groups in total. The van der Waals surface area contributed by atoms with E-state index in [0.717, 1.165) is 30.0 Å². The Morgan fingerprint density at radius 1 is 1.05 bits per heavy atom. The van der Waals surface area contributed by atoms with Gasteiger partial charge in [-0.2, -0.15) is 0 Å². The lowest BCUT2D eigenvalue weighted by Crippen LogP contribution is -2.14. The van der Waals surface area contributed by atoms with Gasteiger partial charge in [0.25, 0.3) is 0 Å². The summed E-state index contributed by atoms with van der Waals surface area (Å²) in [5, 5.41) is 4.98. The summed E-state index contributed by atoms with van der Waals surface area (Å²) in [7, 11) is -3.91. The highest BCUT2D eigenvalue weighted by Gasteiger charge is 2.13. The minimum absolute atomic E-state index is 0.0469. The summed E-state index contributed by atoms with van der Waals surface area (Å²) >= 11 is 0.931. The highest BCUT2D eigenvalue weighted by atomic mass is 32.2. The van der Waals surface area contributed by atoms with Gasteiger partial charge in [-0.25, -0.2) is 22.3 Å². The van der Waals surface area contributed by atoms with Crippen molar-refractivity contribution in [3.63, 3.8) is 0 Å². The summed E-state index contributed by atoms with van der Waals surface area (Å²) in [6, 6.07) is 7.06. The fourth-order valence-electron chi connectivity index (χ4n) is 1.53. The number of hydrogen-bond donors (Lipinski definition) is 2. The Kier molecular flexibility index (Phi) is 3.98. The van der Waals surface area contributed by atoms with Gasteiger partial charge in [0.05, 0.1) is 10.6 Å². The summed E-state index contributed by atoms with van der Waals surface area (Å²) in [5.41, 5.74) is 5.54. The summed E-state index contributed by atoms with van der Waals surface area (Å²) in [4.78, 5) is 0.341. The maximum absolute atomic E-state index is 13.5. The molecular formula is C12H10F2N2O2S2. The summed E-state index contributed by atoms with van der Waals surface area (Å²) in [5.74, 6) is -1.14. The molecule has 2 rings (SSSR count). The average Bonchev–Trinajstić information content (AvgIpc) is 2.32. The molecule has 0 unspecified atom stereocenters. The fourth-order valence-corrected chi connectivity index (χ4v) is 3.09. The van der Waals surface area contributed by atoms with Gasteiger partial charge in [-0.05, 0) is 36.4 Å². The molecule has 2 aromatic carbocycles. The molecule has 0 saturated heterocycles. The standard InChI is InChI=1S/C12H10F2N2O2S2/c13-7-1-3-9(14)11(5-7)19-8-2-4-12(10(15)6-8)20(16,17)18/h1-6H,15H2,(H2,16,17,18). The second-order valence-corrected chi connectivity index (χ2v) is 6.57. The van der Waals surface area contributed by atoms with Gasteiger partial charge in [0.15, 0.2) is 0 Å². The Morgan fingerprint density at radius 2 is 1.75 bits per heavy atom. The number of anilines is 1. The lowest BCUT2D eigenvalue weighted by Gasteiger charge is -2.07. The minimum atomic E-state index is -3.91. The van der Waals surface area contributed by atoms with Crippen LogP contribution in [0.1, 0.15) is 0 Å². The molecule has 0 saturated carbocycles. The highest BCUT2D eigenvalue weighted by molar-refractivity contribution is 7.99. The molecule has 8 heteroatoms. The third-order valence-corrected chi connectivity index (χ3v) is 4.42. The van der Waals surface area contributed by atoms with Gasteiger partial charge in [0.1, 0.15) is 16.5 Å². The lowest BCUT2D eigenvalue weighted by atomic mass is 10.3. The van der Waals surface area contributed by atoms with Gasteiger partial charge >= 0.3 is 0 Å². The topological polar surface area (TPSA) is 86.2 Å². The van der Waals surface area contributed by atoms with Gasteiger partial charge in [0.2, 0.25) is 10.0 Å². The molecule has 20 heavy (non-hydrogen) atoms. The minimum Gasteiger partial charge on any atom is -0.398 e. The third-order valence-electron chi connectivity index (χ3n) is 2.41. The van der Waals surface area contributed by atoms with Crippen LogP contribution >= 0.6 is 11.8 Å². The van der Waals surface area contributed by atoms with Crippen molar-refractivity contribution in [1.29, 1.82) is 0 Å². The molecule has 0 atom stereocenters. The molecule has 0 aliphatic carbocycles. The van der Waals surface area contributed by atoms with E-state index in [1.54, 1.807) is 0 Å². The first-order valence-electron chi connectivity index (χ1n) is 5.32. The Morgan fingerprint density at radius 3 is 2.35 bits per heavy atom. The quantitative estimate of drug-likeness (QED) is 0.851. The average molecular weight is 316 g/mol. The second kappa shape index (κ2) is 5.39. The van der Waals surface area contributed by atoms with Crippen LogP contribution < -0.4 is 10.9 Å². The maximum atomic E-state index is 13.5. The van der Waals surface area contributed by atoms with Crippen LogP contribution in [0, 0.1) is 11.6 Å². The number of nitrogens with two attached hydrogens (primary N) is 2. The smallest absolute Gasteiger partial charge is 0.240 e. The SMILES string of the molecule is Nc1cc(Sc2cc(F)ccc2F)ccc1S(N)(=O)=O. The lowest BCUT2D eigenvalue weighted by molar-refractivity contribution is 0.577. The van der Waals surface area contributed by atoms with Crippen LogP contribution in [0.2, 0.25) is 0 Å². The van der Waals surface area contributed by atoms with Crippen molar-refractivity contribution < 1.29 is 17.2 Å². The van der Waals surface area contributed by atoms with Crippen LogP contribution in [-0.4, -0.2) is 8.42 Å². The predicted molar refractivity (Wildman–Crippen MR) is 72.7 cm³/mol. The van der Waals surface area contributed by atoms with Gasteiger partial charge < -0.3 is 5.73 Å². The van der Waals surface area contributed by atoms with Crippen molar-refractivity contribution in [3.05, 3.63) is 48.0 Å². The Bertz CT molecular complexity index is 764. The molecule has 0 aliphatic heterocycles. The van der Waals surface area contributed by atoms with Gasteiger partial charge in [0, 0.05) is 4.90 Å². The molecule has 2 aromatic rings. The number of primary sulfonamides is 1. The van der Waals surface area contributed by atoms with E-state index >= 15 is 0 Å². The third kappa shape index (κ3) is 3.27. The monoisotopic (exact) mass is 316 g/mol. The number of benzene rings is 2. The molecule has 0 bridgehead atoms. The normalized spacial score (nSPS) is 11.6. The van der Waals surface area contributed by atoms with Crippen molar-refractivity contribution in [2.45, 2.75) is 14.7 Å². The van der Waals surface area contributed by atoms with Crippen LogP contribution in [0.3, 0.4) is 0 Å². The van der Waals surface area contributed by atoms with E-state index in [0.29, 0.717) is 4.90 Å². The Balaban J connectivity index is 2.36. The van der Waals surface area contributed by atoms with Crippen molar-refractivity contribution in [2.75, 3.05) is 5.73 Å². The number of nitrogen functional groups attached to an aromatic ring is 1. The van der Waals surface area contributed by atoms with Crippen LogP contribution in [0.25, 0.3) is 0 Å². The van der Waals surface area contributed by atoms with Crippen molar-refractivity contribution in [1.82, 2.24) is 0 Å². The first kappa shape index (κ1) is 14.8. The van der Waals surface area contributed by atoms with Crippen LogP contribution in [0.4, 0.5) is 14.5 Å². The van der Waals surface area contributed by atoms with Crippen molar-refractivity contribution >= 4 is 27.5 Å². The van der Waals surface area contributed by atoms with Crippen LogP contribution in [-0.2, 0) is 10.0 Å². The van der Waals surface area contributed by atoms with Gasteiger partial charge in [-0.3, -0.25) is 0 Å². The second-order valence-electron chi connectivity index (χ2n) is 3.92. The van der Waals surface area contributed by atoms with Crippen LogP contribution in [0.15, 0.2) is 51.1 Å². The van der Waals surface area contributed by atoms with E-state index in [9.17, 15) is 17.2 Å². The van der Waals surface area contributed by atoms with Gasteiger partial charge in [-0.15, -0.1) is 0 Å². The van der Waals surface area contributed by atoms with Crippen molar-refractivity contribution in [3.8, 4) is 0 Å². The molecule has 0 radical (unpaired) electrons. The molecule has 0 aromatic heterocycles. The number of hydrogen-bond acceptors (Lipinski definition) is 4. The number of halogens is 2. The molecule has 0 heterocycles. The Labute approximate surface area is 118 Å².